The molecule has 2 saturated heterocycles. The van der Waals surface area contributed by atoms with Crippen LogP contribution in [0.15, 0.2) is 22.8 Å². The number of hydrogen-bond donors (Lipinski definition) is 1. The van der Waals surface area contributed by atoms with E-state index in [0.717, 1.165) is 19.5 Å². The summed E-state index contributed by atoms with van der Waals surface area (Å²) in [6.07, 6.45) is 3.30. The molecule has 4 heteroatoms. The van der Waals surface area contributed by atoms with E-state index in [1.807, 2.05) is 17.0 Å². The van der Waals surface area contributed by atoms with Crippen LogP contribution in [0.1, 0.15) is 12.8 Å². The van der Waals surface area contributed by atoms with E-state index in [0.29, 0.717) is 24.3 Å². The van der Waals surface area contributed by atoms with Gasteiger partial charge in [-0.3, -0.25) is 9.69 Å². The molecule has 1 N–H and O–H groups in total. The number of anilines is 1. The Balaban J connectivity index is 1.91. The molecule has 1 aromatic rings. The molecule has 15 heavy (non-hydrogen) atoms. The van der Waals surface area contributed by atoms with Crippen LogP contribution < -0.4 is 10.2 Å². The summed E-state index contributed by atoms with van der Waals surface area (Å²) in [5.74, 6) is 1.36. The highest BCUT2D eigenvalue weighted by Crippen LogP contribution is 2.33. The predicted octanol–water partition coefficient (Wildman–Crippen LogP) is 0.994. The molecule has 0 spiro atoms. The molecule has 0 aliphatic carbocycles. The second kappa shape index (κ2) is 3.38. The zero-order chi connectivity index (χ0) is 10.3. The van der Waals surface area contributed by atoms with E-state index in [1.165, 1.54) is 0 Å². The third-order valence-electron chi connectivity index (χ3n) is 3.35. The number of carbonyl (C=O) groups excluding carboxylic acids is 1. The zero-order valence-electron chi connectivity index (χ0n) is 8.48. The molecule has 0 radical (unpaired) electrons. The fourth-order valence-corrected chi connectivity index (χ4v) is 2.66. The third-order valence-corrected chi connectivity index (χ3v) is 3.35. The standard InChI is InChI=1S/C11H14N2O2/c14-10-6-8-7-12-4-3-9(8)13(10)11-2-1-5-15-11/h1-2,5,8-9,12H,3-4,6-7H2. The van der Waals surface area contributed by atoms with Gasteiger partial charge in [0.25, 0.3) is 0 Å². The van der Waals surface area contributed by atoms with Gasteiger partial charge in [-0.1, -0.05) is 0 Å². The van der Waals surface area contributed by atoms with Crippen LogP contribution in [0.5, 0.6) is 0 Å². The lowest BCUT2D eigenvalue weighted by molar-refractivity contribution is -0.117. The van der Waals surface area contributed by atoms with Crippen molar-refractivity contribution in [3.63, 3.8) is 0 Å². The van der Waals surface area contributed by atoms with Crippen molar-refractivity contribution in [1.29, 1.82) is 0 Å². The van der Waals surface area contributed by atoms with Crippen LogP contribution in [0.4, 0.5) is 5.88 Å². The number of rotatable bonds is 1. The van der Waals surface area contributed by atoms with E-state index in [2.05, 4.69) is 5.32 Å². The van der Waals surface area contributed by atoms with Crippen LogP contribution in [-0.4, -0.2) is 25.0 Å². The van der Waals surface area contributed by atoms with E-state index in [4.69, 9.17) is 4.42 Å². The Bertz CT molecular complexity index is 361. The Morgan fingerprint density at radius 1 is 1.53 bits per heavy atom. The maximum atomic E-state index is 11.9. The van der Waals surface area contributed by atoms with Crippen LogP contribution in [0.2, 0.25) is 0 Å². The van der Waals surface area contributed by atoms with Gasteiger partial charge in [0, 0.05) is 31.0 Å². The van der Waals surface area contributed by atoms with Gasteiger partial charge >= 0.3 is 0 Å². The maximum absolute atomic E-state index is 11.9. The summed E-state index contributed by atoms with van der Waals surface area (Å²) in [5, 5.41) is 3.33. The number of nitrogens with one attached hydrogen (secondary N) is 1. The molecule has 2 aliphatic heterocycles. The summed E-state index contributed by atoms with van der Waals surface area (Å²) in [4.78, 5) is 13.7. The summed E-state index contributed by atoms with van der Waals surface area (Å²) in [6, 6.07) is 4.03. The van der Waals surface area contributed by atoms with Crippen molar-refractivity contribution in [3.05, 3.63) is 18.4 Å². The lowest BCUT2D eigenvalue weighted by atomic mass is 9.94. The Kier molecular flexibility index (Phi) is 2.02. The number of fused-ring (bicyclic) bond motifs is 1. The molecule has 2 atom stereocenters. The average molecular weight is 206 g/mol. The summed E-state index contributed by atoms with van der Waals surface area (Å²) in [5.41, 5.74) is 0. The Morgan fingerprint density at radius 2 is 2.47 bits per heavy atom. The van der Waals surface area contributed by atoms with Crippen molar-refractivity contribution in [3.8, 4) is 0 Å². The van der Waals surface area contributed by atoms with Gasteiger partial charge in [0.15, 0.2) is 0 Å². The molecular formula is C11H14N2O2. The molecule has 80 valence electrons. The number of carbonyl (C=O) groups is 1. The highest BCUT2D eigenvalue weighted by molar-refractivity contribution is 5.95. The topological polar surface area (TPSA) is 45.5 Å². The van der Waals surface area contributed by atoms with Gasteiger partial charge in [-0.05, 0) is 19.0 Å². The number of furan rings is 1. The summed E-state index contributed by atoms with van der Waals surface area (Å²) in [7, 11) is 0. The lowest BCUT2D eigenvalue weighted by Gasteiger charge is -2.30. The first kappa shape index (κ1) is 8.97. The van der Waals surface area contributed by atoms with Crippen molar-refractivity contribution < 1.29 is 9.21 Å². The first-order chi connectivity index (χ1) is 7.36. The minimum absolute atomic E-state index is 0.198. The van der Waals surface area contributed by atoms with Gasteiger partial charge in [0.1, 0.15) is 0 Å². The molecule has 1 amide bonds. The number of amides is 1. The fourth-order valence-electron chi connectivity index (χ4n) is 2.66. The van der Waals surface area contributed by atoms with Gasteiger partial charge in [0.05, 0.1) is 6.26 Å². The SMILES string of the molecule is O=C1CC2CNCCC2N1c1ccco1. The molecule has 3 rings (SSSR count). The van der Waals surface area contributed by atoms with E-state index in [1.54, 1.807) is 6.26 Å². The van der Waals surface area contributed by atoms with E-state index in [-0.39, 0.29) is 5.91 Å². The molecule has 2 aliphatic rings. The smallest absolute Gasteiger partial charge is 0.229 e. The normalized spacial score (nSPS) is 30.7. The summed E-state index contributed by atoms with van der Waals surface area (Å²) >= 11 is 0. The van der Waals surface area contributed by atoms with E-state index in [9.17, 15) is 4.79 Å². The van der Waals surface area contributed by atoms with E-state index >= 15 is 0 Å². The highest BCUT2D eigenvalue weighted by Gasteiger charge is 2.42. The largest absolute Gasteiger partial charge is 0.448 e. The molecule has 0 saturated carbocycles. The minimum Gasteiger partial charge on any atom is -0.448 e. The monoisotopic (exact) mass is 206 g/mol. The Morgan fingerprint density at radius 3 is 3.27 bits per heavy atom. The van der Waals surface area contributed by atoms with Gasteiger partial charge in [-0.25, -0.2) is 0 Å². The Hall–Kier alpha value is -1.29. The van der Waals surface area contributed by atoms with Crippen molar-refractivity contribution in [2.24, 2.45) is 5.92 Å². The summed E-state index contributed by atoms with van der Waals surface area (Å²) in [6.45, 7) is 1.94. The molecule has 2 fully saturated rings. The van der Waals surface area contributed by atoms with Crippen molar-refractivity contribution in [1.82, 2.24) is 5.32 Å². The van der Waals surface area contributed by atoms with Crippen LogP contribution >= 0.6 is 0 Å². The quantitative estimate of drug-likeness (QED) is 0.745. The second-order valence-corrected chi connectivity index (χ2v) is 4.24. The maximum Gasteiger partial charge on any atom is 0.229 e. The summed E-state index contributed by atoms with van der Waals surface area (Å²) < 4.78 is 5.32. The Labute approximate surface area is 88.2 Å². The van der Waals surface area contributed by atoms with Crippen LogP contribution in [0, 0.1) is 5.92 Å². The van der Waals surface area contributed by atoms with Gasteiger partial charge in [-0.15, -0.1) is 0 Å². The molecule has 4 nitrogen and oxygen atoms in total. The minimum atomic E-state index is 0.198. The molecule has 2 unspecified atom stereocenters. The fraction of sp³-hybridized carbons (Fsp3) is 0.545. The third kappa shape index (κ3) is 1.36. The number of piperidine rings is 1. The van der Waals surface area contributed by atoms with Gasteiger partial charge in [-0.2, -0.15) is 0 Å². The van der Waals surface area contributed by atoms with Gasteiger partial charge < -0.3 is 9.73 Å². The van der Waals surface area contributed by atoms with Crippen molar-refractivity contribution in [2.75, 3.05) is 18.0 Å². The molecule has 0 bridgehead atoms. The first-order valence-corrected chi connectivity index (χ1v) is 5.42. The van der Waals surface area contributed by atoms with Crippen LogP contribution in [0.25, 0.3) is 0 Å². The predicted molar refractivity (Wildman–Crippen MR) is 55.6 cm³/mol. The zero-order valence-corrected chi connectivity index (χ0v) is 8.48. The molecular weight excluding hydrogens is 192 g/mol. The number of hydrogen-bond acceptors (Lipinski definition) is 3. The first-order valence-electron chi connectivity index (χ1n) is 5.42. The van der Waals surface area contributed by atoms with Crippen molar-refractivity contribution in [2.45, 2.75) is 18.9 Å². The molecule has 0 aromatic carbocycles. The molecule has 3 heterocycles. The lowest BCUT2D eigenvalue weighted by Crippen LogP contribution is -2.44. The van der Waals surface area contributed by atoms with Gasteiger partial charge in [0.2, 0.25) is 11.8 Å². The average Bonchev–Trinajstić information content (AvgIpc) is 2.82. The highest BCUT2D eigenvalue weighted by atomic mass is 16.3. The van der Waals surface area contributed by atoms with Crippen LogP contribution in [0.3, 0.4) is 0 Å². The van der Waals surface area contributed by atoms with E-state index < -0.39 is 0 Å². The molecule has 1 aromatic heterocycles. The number of nitrogens with zero attached hydrogens (tertiary/aromatic N) is 1. The second-order valence-electron chi connectivity index (χ2n) is 4.24. The van der Waals surface area contributed by atoms with Crippen molar-refractivity contribution >= 4 is 11.8 Å². The van der Waals surface area contributed by atoms with Crippen LogP contribution in [-0.2, 0) is 4.79 Å².